The average Bonchev–Trinajstić information content (AvgIpc) is 3.09. The summed E-state index contributed by atoms with van der Waals surface area (Å²) in [7, 11) is 0. The lowest BCUT2D eigenvalue weighted by Gasteiger charge is -2.42. The zero-order chi connectivity index (χ0) is 12.3. The molecule has 2 aliphatic rings. The van der Waals surface area contributed by atoms with Crippen molar-refractivity contribution in [1.82, 2.24) is 10.2 Å². The summed E-state index contributed by atoms with van der Waals surface area (Å²) in [4.78, 5) is 2.48. The van der Waals surface area contributed by atoms with E-state index >= 15 is 0 Å². The Kier molecular flexibility index (Phi) is 4.42. The van der Waals surface area contributed by atoms with Gasteiger partial charge in [-0.05, 0) is 33.1 Å². The van der Waals surface area contributed by atoms with E-state index in [1.54, 1.807) is 0 Å². The number of nitrogens with zero attached hydrogens (tertiary/aromatic N) is 1. The van der Waals surface area contributed by atoms with E-state index in [1.165, 1.54) is 12.8 Å². The highest BCUT2D eigenvalue weighted by Crippen LogP contribution is 2.22. The van der Waals surface area contributed by atoms with Crippen molar-refractivity contribution in [3.8, 4) is 0 Å². The van der Waals surface area contributed by atoms with Gasteiger partial charge in [0.1, 0.15) is 0 Å². The van der Waals surface area contributed by atoms with Gasteiger partial charge in [0.2, 0.25) is 0 Å². The molecule has 0 aromatic rings. The van der Waals surface area contributed by atoms with Crippen LogP contribution in [0, 0.1) is 0 Å². The second-order valence-corrected chi connectivity index (χ2v) is 5.96. The fourth-order valence-electron chi connectivity index (χ4n) is 2.43. The third kappa shape index (κ3) is 3.91. The summed E-state index contributed by atoms with van der Waals surface area (Å²) < 4.78 is 5.52. The van der Waals surface area contributed by atoms with Crippen molar-refractivity contribution in [2.24, 2.45) is 0 Å². The number of aliphatic hydroxyl groups excluding tert-OH is 1. The SMILES string of the molecule is CC1(C)COCCN1CCC(CO)NC1CC1. The molecule has 1 saturated heterocycles. The third-order valence-electron chi connectivity index (χ3n) is 3.83. The van der Waals surface area contributed by atoms with Crippen LogP contribution in [0.1, 0.15) is 33.1 Å². The number of aliphatic hydroxyl groups is 1. The van der Waals surface area contributed by atoms with Gasteiger partial charge in [0.15, 0.2) is 0 Å². The van der Waals surface area contributed by atoms with Crippen LogP contribution in [0.5, 0.6) is 0 Å². The molecule has 100 valence electrons. The van der Waals surface area contributed by atoms with Crippen molar-refractivity contribution in [1.29, 1.82) is 0 Å². The molecule has 0 spiro atoms. The van der Waals surface area contributed by atoms with Crippen molar-refractivity contribution in [2.45, 2.75) is 50.7 Å². The van der Waals surface area contributed by atoms with Gasteiger partial charge in [-0.3, -0.25) is 4.90 Å². The largest absolute Gasteiger partial charge is 0.395 e. The van der Waals surface area contributed by atoms with E-state index in [4.69, 9.17) is 4.74 Å². The van der Waals surface area contributed by atoms with Crippen LogP contribution in [-0.4, -0.2) is 60.5 Å². The highest BCUT2D eigenvalue weighted by atomic mass is 16.5. The average molecular weight is 242 g/mol. The Labute approximate surface area is 104 Å². The third-order valence-corrected chi connectivity index (χ3v) is 3.83. The van der Waals surface area contributed by atoms with Crippen LogP contribution < -0.4 is 5.32 Å². The lowest BCUT2D eigenvalue weighted by Crippen LogP contribution is -2.54. The highest BCUT2D eigenvalue weighted by Gasteiger charge is 2.31. The molecule has 0 aromatic carbocycles. The number of nitrogens with one attached hydrogen (secondary N) is 1. The van der Waals surface area contributed by atoms with Crippen LogP contribution in [0.4, 0.5) is 0 Å². The maximum Gasteiger partial charge on any atom is 0.0645 e. The van der Waals surface area contributed by atoms with Crippen molar-refractivity contribution in [3.05, 3.63) is 0 Å². The Morgan fingerprint density at radius 3 is 2.82 bits per heavy atom. The van der Waals surface area contributed by atoms with Crippen LogP contribution in [-0.2, 0) is 4.74 Å². The molecule has 1 heterocycles. The zero-order valence-corrected chi connectivity index (χ0v) is 11.1. The predicted octanol–water partition coefficient (Wildman–Crippen LogP) is 0.600. The Bertz CT molecular complexity index is 242. The van der Waals surface area contributed by atoms with Crippen LogP contribution in [0.3, 0.4) is 0 Å². The van der Waals surface area contributed by atoms with Gasteiger partial charge in [-0.1, -0.05) is 0 Å². The Morgan fingerprint density at radius 2 is 2.24 bits per heavy atom. The van der Waals surface area contributed by atoms with Crippen molar-refractivity contribution in [3.63, 3.8) is 0 Å². The standard InChI is InChI=1S/C13H26N2O2/c1-13(2)10-17-8-7-15(13)6-5-12(9-16)14-11-3-4-11/h11-12,14,16H,3-10H2,1-2H3. The molecular weight excluding hydrogens is 216 g/mol. The molecular formula is C13H26N2O2. The first-order valence-corrected chi connectivity index (χ1v) is 6.81. The minimum absolute atomic E-state index is 0.137. The van der Waals surface area contributed by atoms with Crippen LogP contribution >= 0.6 is 0 Å². The van der Waals surface area contributed by atoms with Crippen LogP contribution in [0.2, 0.25) is 0 Å². The van der Waals surface area contributed by atoms with Crippen molar-refractivity contribution < 1.29 is 9.84 Å². The molecule has 1 atom stereocenters. The molecule has 17 heavy (non-hydrogen) atoms. The molecule has 1 aliphatic heterocycles. The van der Waals surface area contributed by atoms with Gasteiger partial charge in [0.25, 0.3) is 0 Å². The summed E-state index contributed by atoms with van der Waals surface area (Å²) >= 11 is 0. The van der Waals surface area contributed by atoms with Gasteiger partial charge >= 0.3 is 0 Å². The van der Waals surface area contributed by atoms with Gasteiger partial charge in [-0.15, -0.1) is 0 Å². The predicted molar refractivity (Wildman–Crippen MR) is 68.1 cm³/mol. The number of morpholine rings is 1. The van der Waals surface area contributed by atoms with E-state index in [1.807, 2.05) is 0 Å². The normalized spacial score (nSPS) is 27.0. The Balaban J connectivity index is 1.74. The van der Waals surface area contributed by atoms with Gasteiger partial charge in [-0.25, -0.2) is 0 Å². The van der Waals surface area contributed by atoms with E-state index < -0.39 is 0 Å². The minimum Gasteiger partial charge on any atom is -0.395 e. The first-order valence-electron chi connectivity index (χ1n) is 6.81. The summed E-state index contributed by atoms with van der Waals surface area (Å²) in [6, 6.07) is 0.936. The van der Waals surface area contributed by atoms with E-state index in [-0.39, 0.29) is 18.2 Å². The molecule has 2 rings (SSSR count). The quantitative estimate of drug-likeness (QED) is 0.716. The molecule has 1 saturated carbocycles. The van der Waals surface area contributed by atoms with Crippen molar-refractivity contribution in [2.75, 3.05) is 32.9 Å². The topological polar surface area (TPSA) is 44.7 Å². The molecule has 0 aromatic heterocycles. The molecule has 2 N–H and O–H groups in total. The summed E-state index contributed by atoms with van der Waals surface area (Å²) in [5.41, 5.74) is 0.137. The van der Waals surface area contributed by atoms with Crippen molar-refractivity contribution >= 4 is 0 Å². The molecule has 2 fully saturated rings. The molecule has 1 aliphatic carbocycles. The van der Waals surface area contributed by atoms with E-state index in [0.717, 1.165) is 32.7 Å². The maximum absolute atomic E-state index is 9.36. The van der Waals surface area contributed by atoms with Crippen LogP contribution in [0.25, 0.3) is 0 Å². The number of rotatable bonds is 6. The highest BCUT2D eigenvalue weighted by molar-refractivity contribution is 4.88. The summed E-state index contributed by atoms with van der Waals surface area (Å²) in [6.07, 6.45) is 3.58. The molecule has 0 radical (unpaired) electrons. The van der Waals surface area contributed by atoms with Gasteiger partial charge in [0, 0.05) is 30.7 Å². The molecule has 4 nitrogen and oxygen atoms in total. The summed E-state index contributed by atoms with van der Waals surface area (Å²) in [5.74, 6) is 0. The number of ether oxygens (including phenoxy) is 1. The lowest BCUT2D eigenvalue weighted by molar-refractivity contribution is -0.0526. The molecule has 4 heteroatoms. The van der Waals surface area contributed by atoms with Crippen LogP contribution in [0.15, 0.2) is 0 Å². The summed E-state index contributed by atoms with van der Waals surface area (Å²) in [6.45, 7) is 8.41. The van der Waals surface area contributed by atoms with Gasteiger partial charge < -0.3 is 15.2 Å². The monoisotopic (exact) mass is 242 g/mol. The fourth-order valence-corrected chi connectivity index (χ4v) is 2.43. The lowest BCUT2D eigenvalue weighted by atomic mass is 10.0. The smallest absolute Gasteiger partial charge is 0.0645 e. The van der Waals surface area contributed by atoms with Gasteiger partial charge in [0.05, 0.1) is 19.8 Å². The Morgan fingerprint density at radius 1 is 1.47 bits per heavy atom. The maximum atomic E-state index is 9.36. The first kappa shape index (κ1) is 13.3. The minimum atomic E-state index is 0.137. The molecule has 1 unspecified atom stereocenters. The summed E-state index contributed by atoms with van der Waals surface area (Å²) in [5, 5.41) is 12.9. The zero-order valence-electron chi connectivity index (χ0n) is 11.1. The van der Waals surface area contributed by atoms with Gasteiger partial charge in [-0.2, -0.15) is 0 Å². The number of hydrogen-bond acceptors (Lipinski definition) is 4. The van der Waals surface area contributed by atoms with E-state index in [2.05, 4.69) is 24.1 Å². The Hall–Kier alpha value is -0.160. The van der Waals surface area contributed by atoms with E-state index in [9.17, 15) is 5.11 Å². The number of hydrogen-bond donors (Lipinski definition) is 2. The fraction of sp³-hybridized carbons (Fsp3) is 1.00. The molecule has 0 bridgehead atoms. The second kappa shape index (κ2) is 5.65. The molecule has 0 amide bonds. The van der Waals surface area contributed by atoms with E-state index in [0.29, 0.717) is 6.04 Å². The first-order chi connectivity index (χ1) is 8.12. The second-order valence-electron chi connectivity index (χ2n) is 5.96.